The molecule has 1 aromatic carbocycles. The topological polar surface area (TPSA) is 38.8 Å². The molecule has 2 aliphatic rings. The Kier molecular flexibility index (Phi) is 3.43. The molecule has 1 fully saturated rings. The summed E-state index contributed by atoms with van der Waals surface area (Å²) in [7, 11) is 0. The zero-order valence-electron chi connectivity index (χ0n) is 11.2. The first-order chi connectivity index (χ1) is 9.96. The van der Waals surface area contributed by atoms with Crippen molar-refractivity contribution >= 4 is 5.91 Å². The van der Waals surface area contributed by atoms with Gasteiger partial charge in [0.1, 0.15) is 23.7 Å². The van der Waals surface area contributed by atoms with Crippen molar-refractivity contribution in [2.45, 2.75) is 25.1 Å². The molecule has 0 saturated carbocycles. The Morgan fingerprint density at radius 3 is 2.95 bits per heavy atom. The average Bonchev–Trinajstić information content (AvgIpc) is 2.85. The molecule has 1 amide bonds. The van der Waals surface area contributed by atoms with Crippen molar-refractivity contribution in [1.29, 1.82) is 0 Å². The van der Waals surface area contributed by atoms with Crippen LogP contribution in [0.15, 0.2) is 18.2 Å². The normalized spacial score (nSPS) is 21.4. The number of halogens is 3. The Labute approximate surface area is 119 Å². The predicted molar refractivity (Wildman–Crippen MR) is 67.5 cm³/mol. The third kappa shape index (κ3) is 2.77. The second-order valence-corrected chi connectivity index (χ2v) is 5.14. The van der Waals surface area contributed by atoms with Crippen molar-refractivity contribution < 1.29 is 27.4 Å². The van der Waals surface area contributed by atoms with Crippen LogP contribution in [0.4, 0.5) is 13.2 Å². The van der Waals surface area contributed by atoms with Gasteiger partial charge in [0.05, 0.1) is 6.04 Å². The summed E-state index contributed by atoms with van der Waals surface area (Å²) in [5.74, 6) is -0.112. The molecule has 0 aliphatic carbocycles. The van der Waals surface area contributed by atoms with Gasteiger partial charge in [0.25, 0.3) is 5.91 Å². The van der Waals surface area contributed by atoms with Gasteiger partial charge in [-0.2, -0.15) is 13.2 Å². The van der Waals surface area contributed by atoms with Crippen LogP contribution >= 0.6 is 0 Å². The lowest BCUT2D eigenvalue weighted by Gasteiger charge is -2.21. The first kappa shape index (κ1) is 14.0. The Morgan fingerprint density at radius 1 is 1.38 bits per heavy atom. The van der Waals surface area contributed by atoms with Gasteiger partial charge in [-0.3, -0.25) is 4.79 Å². The van der Waals surface area contributed by atoms with Gasteiger partial charge in [0.15, 0.2) is 6.61 Å². The minimum absolute atomic E-state index is 0.0135. The number of amides is 1. The van der Waals surface area contributed by atoms with Crippen molar-refractivity contribution in [3.8, 4) is 11.5 Å². The van der Waals surface area contributed by atoms with Crippen molar-refractivity contribution in [1.82, 2.24) is 4.90 Å². The number of nitrogens with zero attached hydrogens (tertiary/aromatic N) is 1. The summed E-state index contributed by atoms with van der Waals surface area (Å²) in [4.78, 5) is 14.2. The van der Waals surface area contributed by atoms with E-state index in [2.05, 4.69) is 0 Å². The monoisotopic (exact) mass is 301 g/mol. The largest absolute Gasteiger partial charge is 0.490 e. The molecule has 0 N–H and O–H groups in total. The number of alkyl halides is 3. The number of ether oxygens (including phenoxy) is 2. The van der Waals surface area contributed by atoms with Gasteiger partial charge >= 0.3 is 6.18 Å². The number of hydrogen-bond acceptors (Lipinski definition) is 3. The minimum atomic E-state index is -4.45. The molecule has 0 aromatic heterocycles. The number of carbonyl (C=O) groups excluding carboxylic acids is 1. The van der Waals surface area contributed by atoms with Gasteiger partial charge in [-0.05, 0) is 25.0 Å². The molecule has 2 aliphatic heterocycles. The van der Waals surface area contributed by atoms with Crippen LogP contribution in [-0.4, -0.2) is 42.8 Å². The van der Waals surface area contributed by atoms with Gasteiger partial charge in [0.2, 0.25) is 0 Å². The summed E-state index contributed by atoms with van der Waals surface area (Å²) in [5.41, 5.74) is 0.0890. The van der Waals surface area contributed by atoms with Gasteiger partial charge in [0, 0.05) is 6.54 Å². The van der Waals surface area contributed by atoms with E-state index in [1.54, 1.807) is 11.0 Å². The lowest BCUT2D eigenvalue weighted by molar-refractivity contribution is -0.153. The molecule has 1 unspecified atom stereocenters. The highest BCUT2D eigenvalue weighted by Crippen LogP contribution is 2.35. The molecule has 3 rings (SSSR count). The summed E-state index contributed by atoms with van der Waals surface area (Å²) in [6.45, 7) is -0.471. The van der Waals surface area contributed by atoms with E-state index in [9.17, 15) is 18.0 Å². The molecule has 1 saturated heterocycles. The molecule has 0 bridgehead atoms. The fourth-order valence-corrected chi connectivity index (χ4v) is 2.73. The molecule has 0 spiro atoms. The predicted octanol–water partition coefficient (Wildman–Crippen LogP) is 2.62. The van der Waals surface area contributed by atoms with Crippen LogP contribution in [0.1, 0.15) is 23.2 Å². The number of fused-ring (bicyclic) bond motifs is 2. The molecular formula is C14H14F3NO3. The Bertz CT molecular complexity index is 559. The fourth-order valence-electron chi connectivity index (χ4n) is 2.73. The van der Waals surface area contributed by atoms with E-state index in [1.165, 1.54) is 12.1 Å². The second-order valence-electron chi connectivity index (χ2n) is 5.14. The first-order valence-corrected chi connectivity index (χ1v) is 6.72. The van der Waals surface area contributed by atoms with E-state index in [-0.39, 0.29) is 29.0 Å². The number of hydrogen-bond donors (Lipinski definition) is 0. The van der Waals surface area contributed by atoms with Crippen molar-refractivity contribution in [3.63, 3.8) is 0 Å². The Morgan fingerprint density at radius 2 is 2.19 bits per heavy atom. The summed E-state index contributed by atoms with van der Waals surface area (Å²) < 4.78 is 47.3. The molecule has 1 aromatic rings. The van der Waals surface area contributed by atoms with Crippen LogP contribution in [0.25, 0.3) is 0 Å². The maximum absolute atomic E-state index is 12.5. The van der Waals surface area contributed by atoms with Crippen LogP contribution in [0.5, 0.6) is 11.5 Å². The van der Waals surface area contributed by atoms with Crippen molar-refractivity contribution in [2.75, 3.05) is 19.8 Å². The SMILES string of the molecule is O=C1c2c(cccc2OCC(F)(F)F)OCC2CCCN12. The van der Waals surface area contributed by atoms with Crippen LogP contribution in [0.2, 0.25) is 0 Å². The van der Waals surface area contributed by atoms with Crippen LogP contribution in [-0.2, 0) is 0 Å². The van der Waals surface area contributed by atoms with Gasteiger partial charge < -0.3 is 14.4 Å². The molecule has 7 heteroatoms. The van der Waals surface area contributed by atoms with Gasteiger partial charge in [-0.1, -0.05) is 6.07 Å². The minimum Gasteiger partial charge on any atom is -0.490 e. The number of benzene rings is 1. The molecular weight excluding hydrogens is 287 g/mol. The van der Waals surface area contributed by atoms with Crippen LogP contribution < -0.4 is 9.47 Å². The maximum atomic E-state index is 12.5. The molecule has 1 atom stereocenters. The quantitative estimate of drug-likeness (QED) is 0.843. The maximum Gasteiger partial charge on any atom is 0.422 e. The smallest absolute Gasteiger partial charge is 0.422 e. The third-order valence-corrected chi connectivity index (χ3v) is 3.66. The van der Waals surface area contributed by atoms with Gasteiger partial charge in [-0.15, -0.1) is 0 Å². The third-order valence-electron chi connectivity index (χ3n) is 3.66. The number of rotatable bonds is 2. The van der Waals surface area contributed by atoms with E-state index in [4.69, 9.17) is 9.47 Å². The summed E-state index contributed by atoms with van der Waals surface area (Å²) in [6.07, 6.45) is -2.73. The molecule has 0 radical (unpaired) electrons. The van der Waals surface area contributed by atoms with Gasteiger partial charge in [-0.25, -0.2) is 0 Å². The number of carbonyl (C=O) groups is 1. The highest BCUT2D eigenvalue weighted by atomic mass is 19.4. The highest BCUT2D eigenvalue weighted by Gasteiger charge is 2.37. The van der Waals surface area contributed by atoms with E-state index >= 15 is 0 Å². The van der Waals surface area contributed by atoms with E-state index in [0.29, 0.717) is 13.2 Å². The lowest BCUT2D eigenvalue weighted by atomic mass is 10.1. The zero-order valence-corrected chi connectivity index (χ0v) is 11.2. The molecule has 2 heterocycles. The van der Waals surface area contributed by atoms with E-state index in [0.717, 1.165) is 12.8 Å². The van der Waals surface area contributed by atoms with Crippen molar-refractivity contribution in [3.05, 3.63) is 23.8 Å². The average molecular weight is 301 g/mol. The fraction of sp³-hybridized carbons (Fsp3) is 0.500. The van der Waals surface area contributed by atoms with Crippen molar-refractivity contribution in [2.24, 2.45) is 0 Å². The standard InChI is InChI=1S/C14H14F3NO3/c15-14(16,17)8-21-11-5-1-4-10-12(11)13(19)18-6-2-3-9(18)7-20-10/h1,4-5,9H,2-3,6-8H2. The summed E-state index contributed by atoms with van der Waals surface area (Å²) >= 11 is 0. The second kappa shape index (κ2) is 5.13. The van der Waals surface area contributed by atoms with Crippen LogP contribution in [0.3, 0.4) is 0 Å². The molecule has 4 nitrogen and oxygen atoms in total. The van der Waals surface area contributed by atoms with E-state index < -0.39 is 12.8 Å². The lowest BCUT2D eigenvalue weighted by Crippen LogP contribution is -2.36. The Hall–Kier alpha value is -1.92. The first-order valence-electron chi connectivity index (χ1n) is 6.72. The van der Waals surface area contributed by atoms with Crippen LogP contribution in [0, 0.1) is 0 Å². The van der Waals surface area contributed by atoms with E-state index in [1.807, 2.05) is 0 Å². The zero-order chi connectivity index (χ0) is 15.0. The summed E-state index contributed by atoms with van der Waals surface area (Å²) in [5, 5.41) is 0. The summed E-state index contributed by atoms with van der Waals surface area (Å²) in [6, 6.07) is 4.45. The molecule has 21 heavy (non-hydrogen) atoms. The Balaban J connectivity index is 1.93. The molecule has 114 valence electrons. The highest BCUT2D eigenvalue weighted by molar-refractivity contribution is 6.00.